The first-order valence-corrected chi connectivity index (χ1v) is 6.62. The Bertz CT molecular complexity index is 328. The Labute approximate surface area is 95.9 Å². The number of nitriles is 1. The molecule has 0 spiro atoms. The van der Waals surface area contributed by atoms with Gasteiger partial charge in [-0.1, -0.05) is 18.2 Å². The van der Waals surface area contributed by atoms with Crippen LogP contribution in [-0.4, -0.2) is 13.7 Å². The van der Waals surface area contributed by atoms with E-state index in [1.165, 1.54) is 0 Å². The van der Waals surface area contributed by atoms with Crippen molar-refractivity contribution < 1.29 is 4.52 Å². The number of para-hydroxylation sites is 1. The van der Waals surface area contributed by atoms with E-state index in [4.69, 9.17) is 21.0 Å². The third-order valence-corrected chi connectivity index (χ3v) is 3.85. The maximum absolute atomic E-state index is 8.36. The van der Waals surface area contributed by atoms with Crippen molar-refractivity contribution in [1.82, 2.24) is 0 Å². The summed E-state index contributed by atoms with van der Waals surface area (Å²) in [6.45, 7) is 0.378. The van der Waals surface area contributed by atoms with Crippen molar-refractivity contribution in [1.29, 1.82) is 5.26 Å². The lowest BCUT2D eigenvalue weighted by molar-refractivity contribution is 0.369. The van der Waals surface area contributed by atoms with Crippen LogP contribution in [0, 0.1) is 11.3 Å². The fourth-order valence-electron chi connectivity index (χ4n) is 0.988. The van der Waals surface area contributed by atoms with Gasteiger partial charge in [0.25, 0.3) is 0 Å². The van der Waals surface area contributed by atoms with E-state index in [9.17, 15) is 0 Å². The molecule has 1 aromatic rings. The Morgan fingerprint density at radius 3 is 2.73 bits per heavy atom. The molecule has 0 radical (unpaired) electrons. The summed E-state index contributed by atoms with van der Waals surface area (Å²) < 4.78 is 7.20. The molecular formula is C10H12ClN2OP. The van der Waals surface area contributed by atoms with E-state index >= 15 is 0 Å². The molecule has 0 heterocycles. The Balaban J connectivity index is 2.46. The third-order valence-electron chi connectivity index (χ3n) is 1.78. The molecule has 0 aliphatic rings. The summed E-state index contributed by atoms with van der Waals surface area (Å²) in [4.78, 5) is 0. The van der Waals surface area contributed by atoms with Gasteiger partial charge in [0.15, 0.2) is 0 Å². The predicted octanol–water partition coefficient (Wildman–Crippen LogP) is 3.52. The van der Waals surface area contributed by atoms with E-state index in [-0.39, 0.29) is 0 Å². The number of benzene rings is 1. The normalized spacial score (nSPS) is 11.8. The molecule has 5 heteroatoms. The highest BCUT2D eigenvalue weighted by molar-refractivity contribution is 7.81. The van der Waals surface area contributed by atoms with Crippen molar-refractivity contribution in [2.75, 3.05) is 18.3 Å². The fraction of sp³-hybridized carbons (Fsp3) is 0.300. The summed E-state index contributed by atoms with van der Waals surface area (Å²) in [6, 6.07) is 11.8. The summed E-state index contributed by atoms with van der Waals surface area (Å²) in [5, 5.41) is 8.36. The second-order valence-electron chi connectivity index (χ2n) is 2.83. The molecule has 3 nitrogen and oxygen atoms in total. The van der Waals surface area contributed by atoms with Crippen molar-refractivity contribution in [2.45, 2.75) is 6.42 Å². The molecule has 0 fully saturated rings. The molecule has 0 N–H and O–H groups in total. The van der Waals surface area contributed by atoms with Crippen molar-refractivity contribution in [3.63, 3.8) is 0 Å². The zero-order valence-corrected chi connectivity index (χ0v) is 10.1. The number of nitrogens with zero attached hydrogens (tertiary/aromatic N) is 2. The molecule has 80 valence electrons. The first kappa shape index (κ1) is 12.3. The van der Waals surface area contributed by atoms with Crippen molar-refractivity contribution >= 4 is 24.6 Å². The van der Waals surface area contributed by atoms with Crippen molar-refractivity contribution in [3.05, 3.63) is 30.3 Å². The molecule has 0 bridgehead atoms. The van der Waals surface area contributed by atoms with Crippen molar-refractivity contribution in [2.24, 2.45) is 0 Å². The monoisotopic (exact) mass is 242 g/mol. The van der Waals surface area contributed by atoms with E-state index in [1.54, 1.807) is 0 Å². The number of rotatable bonds is 5. The molecule has 0 saturated heterocycles. The lowest BCUT2D eigenvalue weighted by atomic mass is 10.3. The van der Waals surface area contributed by atoms with Gasteiger partial charge in [0.05, 0.1) is 19.1 Å². The van der Waals surface area contributed by atoms with Gasteiger partial charge in [-0.3, -0.25) is 0 Å². The number of anilines is 1. The van der Waals surface area contributed by atoms with Gasteiger partial charge < -0.3 is 9.19 Å². The largest absolute Gasteiger partial charge is 0.326 e. The van der Waals surface area contributed by atoms with Crippen LogP contribution in [0.25, 0.3) is 0 Å². The highest BCUT2D eigenvalue weighted by Gasteiger charge is 2.12. The first-order valence-electron chi connectivity index (χ1n) is 4.50. The van der Waals surface area contributed by atoms with Crippen LogP contribution in [0.1, 0.15) is 6.42 Å². The lowest BCUT2D eigenvalue weighted by Gasteiger charge is -2.23. The lowest BCUT2D eigenvalue weighted by Crippen LogP contribution is -2.08. The van der Waals surface area contributed by atoms with Crippen molar-refractivity contribution in [3.8, 4) is 6.07 Å². The van der Waals surface area contributed by atoms with Gasteiger partial charge in [-0.2, -0.15) is 5.26 Å². The second kappa shape index (κ2) is 6.63. The van der Waals surface area contributed by atoms with Gasteiger partial charge in [-0.05, 0) is 23.4 Å². The molecule has 1 aromatic carbocycles. The van der Waals surface area contributed by atoms with E-state index in [1.807, 2.05) is 48.1 Å². The fourth-order valence-corrected chi connectivity index (χ4v) is 2.19. The molecule has 0 aliphatic carbocycles. The molecule has 0 amide bonds. The summed E-state index contributed by atoms with van der Waals surface area (Å²) in [7, 11) is 0.700. The second-order valence-corrected chi connectivity index (χ2v) is 5.01. The van der Waals surface area contributed by atoms with Gasteiger partial charge in [0.2, 0.25) is 7.65 Å². The standard InChI is InChI=1S/C10H12ClN2OP/c1-13(10-6-3-2-4-7-10)15(11)14-9-5-8-12/h2-4,6-7H,5,9H2,1H3. The van der Waals surface area contributed by atoms with Crippen LogP contribution < -0.4 is 4.67 Å². The minimum absolute atomic E-state index is 0.369. The first-order chi connectivity index (χ1) is 7.25. The van der Waals surface area contributed by atoms with Crippen LogP contribution in [0.5, 0.6) is 0 Å². The van der Waals surface area contributed by atoms with Crippen LogP contribution in [0.2, 0.25) is 0 Å². The van der Waals surface area contributed by atoms with E-state index in [0.717, 1.165) is 5.69 Å². The van der Waals surface area contributed by atoms with Gasteiger partial charge in [0, 0.05) is 12.7 Å². The minimum atomic E-state index is -1.18. The summed E-state index contributed by atoms with van der Waals surface area (Å²) >= 11 is 6.06. The molecular weight excluding hydrogens is 231 g/mol. The SMILES string of the molecule is CN(c1ccccc1)P(Cl)OCCC#N. The van der Waals surface area contributed by atoms with Gasteiger partial charge in [0.1, 0.15) is 0 Å². The van der Waals surface area contributed by atoms with E-state index in [0.29, 0.717) is 13.0 Å². The number of halogens is 1. The summed E-state index contributed by atoms with van der Waals surface area (Å²) in [6.07, 6.45) is 0.369. The van der Waals surface area contributed by atoms with Gasteiger partial charge >= 0.3 is 0 Å². The van der Waals surface area contributed by atoms with E-state index < -0.39 is 7.65 Å². The third kappa shape index (κ3) is 4.05. The zero-order valence-electron chi connectivity index (χ0n) is 8.43. The zero-order chi connectivity index (χ0) is 11.1. The van der Waals surface area contributed by atoms with Crippen LogP contribution in [-0.2, 0) is 4.52 Å². The highest BCUT2D eigenvalue weighted by atomic mass is 35.7. The maximum Gasteiger partial charge on any atom is 0.236 e. The summed E-state index contributed by atoms with van der Waals surface area (Å²) in [5.74, 6) is 0. The Kier molecular flexibility index (Phi) is 5.42. The molecule has 1 rings (SSSR count). The van der Waals surface area contributed by atoms with Crippen LogP contribution in [0.4, 0.5) is 5.69 Å². The maximum atomic E-state index is 8.36. The van der Waals surface area contributed by atoms with Gasteiger partial charge in [-0.15, -0.1) is 0 Å². The quantitative estimate of drug-likeness (QED) is 0.586. The van der Waals surface area contributed by atoms with Crippen LogP contribution in [0.3, 0.4) is 0 Å². The Morgan fingerprint density at radius 2 is 2.13 bits per heavy atom. The molecule has 1 unspecified atom stereocenters. The van der Waals surface area contributed by atoms with Gasteiger partial charge in [-0.25, -0.2) is 0 Å². The molecule has 15 heavy (non-hydrogen) atoms. The number of hydrogen-bond donors (Lipinski definition) is 0. The average Bonchev–Trinajstić information content (AvgIpc) is 2.29. The minimum Gasteiger partial charge on any atom is -0.326 e. The number of hydrogen-bond acceptors (Lipinski definition) is 3. The average molecular weight is 243 g/mol. The summed E-state index contributed by atoms with van der Waals surface area (Å²) in [5.41, 5.74) is 1.01. The molecule has 1 atom stereocenters. The Morgan fingerprint density at radius 1 is 1.47 bits per heavy atom. The highest BCUT2D eigenvalue weighted by Crippen LogP contribution is 2.47. The van der Waals surface area contributed by atoms with Crippen LogP contribution in [0.15, 0.2) is 30.3 Å². The predicted molar refractivity (Wildman–Crippen MR) is 63.8 cm³/mol. The molecule has 0 aromatic heterocycles. The topological polar surface area (TPSA) is 36.3 Å². The van der Waals surface area contributed by atoms with E-state index in [2.05, 4.69) is 0 Å². The molecule has 0 saturated carbocycles. The molecule has 0 aliphatic heterocycles. The smallest absolute Gasteiger partial charge is 0.236 e. The Hall–Kier alpha value is -0.810. The van der Waals surface area contributed by atoms with Crippen LogP contribution >= 0.6 is 18.9 Å².